The second-order valence-electron chi connectivity index (χ2n) is 5.20. The maximum Gasteiger partial charge on any atom is 0.321 e. The first-order chi connectivity index (χ1) is 8.38. The molecule has 0 radical (unpaired) electrons. The van der Waals surface area contributed by atoms with Gasteiger partial charge in [-0.3, -0.25) is 15.0 Å². The Kier molecular flexibility index (Phi) is 5.55. The van der Waals surface area contributed by atoms with Crippen molar-refractivity contribution in [2.45, 2.75) is 39.3 Å². The minimum atomic E-state index is -0.457. The Morgan fingerprint density at radius 2 is 2.06 bits per heavy atom. The molecule has 1 aliphatic heterocycles. The zero-order valence-electron chi connectivity index (χ0n) is 11.3. The van der Waals surface area contributed by atoms with E-state index in [0.717, 1.165) is 13.0 Å². The largest absolute Gasteiger partial charge is 0.393 e. The molecular formula is C12H23N3O3. The van der Waals surface area contributed by atoms with E-state index < -0.39 is 6.03 Å². The van der Waals surface area contributed by atoms with Crippen molar-refractivity contribution in [3.63, 3.8) is 0 Å². The van der Waals surface area contributed by atoms with E-state index in [0.29, 0.717) is 6.54 Å². The number of aliphatic hydroxyl groups is 1. The predicted molar refractivity (Wildman–Crippen MR) is 68.0 cm³/mol. The lowest BCUT2D eigenvalue weighted by molar-refractivity contribution is -0.121. The SMILES string of the molecule is CC(C)NC(=O)NC(=O)CN1CCC(C(C)O)C1. The number of carbonyl (C=O) groups excluding carboxylic acids is 2. The van der Waals surface area contributed by atoms with Gasteiger partial charge < -0.3 is 10.4 Å². The number of nitrogens with zero attached hydrogens (tertiary/aromatic N) is 1. The van der Waals surface area contributed by atoms with Crippen LogP contribution in [0.1, 0.15) is 27.2 Å². The van der Waals surface area contributed by atoms with E-state index >= 15 is 0 Å². The smallest absolute Gasteiger partial charge is 0.321 e. The molecule has 1 aliphatic rings. The first-order valence-electron chi connectivity index (χ1n) is 6.39. The summed E-state index contributed by atoms with van der Waals surface area (Å²) in [6, 6.07) is -0.453. The van der Waals surface area contributed by atoms with Crippen molar-refractivity contribution in [1.82, 2.24) is 15.5 Å². The lowest BCUT2D eigenvalue weighted by atomic mass is 10.0. The number of amides is 3. The molecule has 0 bridgehead atoms. The fourth-order valence-electron chi connectivity index (χ4n) is 2.07. The Hall–Kier alpha value is -1.14. The van der Waals surface area contributed by atoms with Gasteiger partial charge in [-0.05, 0) is 39.7 Å². The summed E-state index contributed by atoms with van der Waals surface area (Å²) in [6.45, 7) is 7.13. The fourth-order valence-corrected chi connectivity index (χ4v) is 2.07. The second-order valence-corrected chi connectivity index (χ2v) is 5.20. The minimum Gasteiger partial charge on any atom is -0.393 e. The summed E-state index contributed by atoms with van der Waals surface area (Å²) < 4.78 is 0. The van der Waals surface area contributed by atoms with Crippen LogP contribution in [0.2, 0.25) is 0 Å². The number of nitrogens with one attached hydrogen (secondary N) is 2. The molecule has 0 aliphatic carbocycles. The van der Waals surface area contributed by atoms with Crippen LogP contribution in [0.5, 0.6) is 0 Å². The van der Waals surface area contributed by atoms with Gasteiger partial charge in [0, 0.05) is 12.6 Å². The van der Waals surface area contributed by atoms with Crippen LogP contribution in [-0.2, 0) is 4.79 Å². The van der Waals surface area contributed by atoms with E-state index in [1.54, 1.807) is 6.92 Å². The van der Waals surface area contributed by atoms with Crippen LogP contribution >= 0.6 is 0 Å². The molecule has 6 nitrogen and oxygen atoms in total. The minimum absolute atomic E-state index is 0.00389. The van der Waals surface area contributed by atoms with Gasteiger partial charge in [0.05, 0.1) is 12.6 Å². The number of likely N-dealkylation sites (tertiary alicyclic amines) is 1. The highest BCUT2D eigenvalue weighted by Gasteiger charge is 2.27. The molecule has 1 heterocycles. The monoisotopic (exact) mass is 257 g/mol. The molecule has 3 N–H and O–H groups in total. The summed E-state index contributed by atoms with van der Waals surface area (Å²) in [5.41, 5.74) is 0. The van der Waals surface area contributed by atoms with Crippen LogP contribution in [0.25, 0.3) is 0 Å². The third-order valence-electron chi connectivity index (χ3n) is 3.03. The average Bonchev–Trinajstić information content (AvgIpc) is 2.63. The summed E-state index contributed by atoms with van der Waals surface area (Å²) in [4.78, 5) is 24.9. The van der Waals surface area contributed by atoms with Crippen LogP contribution in [0.4, 0.5) is 4.79 Å². The van der Waals surface area contributed by atoms with Crippen molar-refractivity contribution in [3.8, 4) is 0 Å². The predicted octanol–water partition coefficient (Wildman–Crippen LogP) is -0.0767. The Bertz CT molecular complexity index is 305. The van der Waals surface area contributed by atoms with Gasteiger partial charge in [0.1, 0.15) is 0 Å². The van der Waals surface area contributed by atoms with E-state index in [1.165, 1.54) is 0 Å². The maximum absolute atomic E-state index is 11.6. The number of rotatable bonds is 4. The number of urea groups is 1. The van der Waals surface area contributed by atoms with Crippen LogP contribution in [0, 0.1) is 5.92 Å². The summed E-state index contributed by atoms with van der Waals surface area (Å²) in [5.74, 6) is -0.0818. The van der Waals surface area contributed by atoms with Gasteiger partial charge in [-0.1, -0.05) is 0 Å². The normalized spacial score (nSPS) is 21.9. The van der Waals surface area contributed by atoms with E-state index in [1.807, 2.05) is 18.7 Å². The molecule has 0 aromatic carbocycles. The first kappa shape index (κ1) is 14.9. The zero-order valence-corrected chi connectivity index (χ0v) is 11.3. The number of hydrogen-bond acceptors (Lipinski definition) is 4. The highest BCUT2D eigenvalue weighted by atomic mass is 16.3. The molecule has 0 aromatic heterocycles. The van der Waals surface area contributed by atoms with Gasteiger partial charge in [0.15, 0.2) is 0 Å². The van der Waals surface area contributed by atoms with Gasteiger partial charge in [0.2, 0.25) is 5.91 Å². The molecule has 1 saturated heterocycles. The van der Waals surface area contributed by atoms with Crippen LogP contribution in [-0.4, -0.2) is 53.7 Å². The number of aliphatic hydroxyl groups excluding tert-OH is 1. The molecule has 1 fully saturated rings. The fraction of sp³-hybridized carbons (Fsp3) is 0.833. The van der Waals surface area contributed by atoms with Crippen molar-refractivity contribution in [2.75, 3.05) is 19.6 Å². The lowest BCUT2D eigenvalue weighted by Gasteiger charge is -2.17. The van der Waals surface area contributed by atoms with E-state index in [-0.39, 0.29) is 30.5 Å². The van der Waals surface area contributed by atoms with Gasteiger partial charge in [-0.25, -0.2) is 4.79 Å². The molecular weight excluding hydrogens is 234 g/mol. The molecule has 2 unspecified atom stereocenters. The van der Waals surface area contributed by atoms with Crippen molar-refractivity contribution in [3.05, 3.63) is 0 Å². The van der Waals surface area contributed by atoms with Gasteiger partial charge in [0.25, 0.3) is 0 Å². The van der Waals surface area contributed by atoms with Gasteiger partial charge in [-0.2, -0.15) is 0 Å². The third kappa shape index (κ3) is 5.01. The third-order valence-corrected chi connectivity index (χ3v) is 3.03. The Balaban J connectivity index is 2.27. The van der Waals surface area contributed by atoms with Crippen LogP contribution in [0.15, 0.2) is 0 Å². The standard InChI is InChI=1S/C12H23N3O3/c1-8(2)13-12(18)14-11(17)7-15-5-4-10(6-15)9(3)16/h8-10,16H,4-7H2,1-3H3,(H2,13,14,17,18). The first-order valence-corrected chi connectivity index (χ1v) is 6.39. The van der Waals surface area contributed by atoms with Crippen molar-refractivity contribution in [2.24, 2.45) is 5.92 Å². The highest BCUT2D eigenvalue weighted by molar-refractivity contribution is 5.95. The number of hydrogen-bond donors (Lipinski definition) is 3. The van der Waals surface area contributed by atoms with Crippen LogP contribution in [0.3, 0.4) is 0 Å². The van der Waals surface area contributed by atoms with Gasteiger partial charge >= 0.3 is 6.03 Å². The van der Waals surface area contributed by atoms with Crippen molar-refractivity contribution < 1.29 is 14.7 Å². The molecule has 0 aromatic rings. The molecule has 1 rings (SSSR count). The summed E-state index contributed by atoms with van der Waals surface area (Å²) in [6.07, 6.45) is 0.547. The van der Waals surface area contributed by atoms with E-state index in [2.05, 4.69) is 10.6 Å². The van der Waals surface area contributed by atoms with E-state index in [4.69, 9.17) is 0 Å². The molecule has 3 amide bonds. The topological polar surface area (TPSA) is 81.7 Å². The van der Waals surface area contributed by atoms with Gasteiger partial charge in [-0.15, -0.1) is 0 Å². The molecule has 6 heteroatoms. The van der Waals surface area contributed by atoms with E-state index in [9.17, 15) is 14.7 Å². The van der Waals surface area contributed by atoms with Crippen molar-refractivity contribution in [1.29, 1.82) is 0 Å². The lowest BCUT2D eigenvalue weighted by Crippen LogP contribution is -2.46. The zero-order chi connectivity index (χ0) is 13.7. The summed E-state index contributed by atoms with van der Waals surface area (Å²) in [5, 5.41) is 14.3. The maximum atomic E-state index is 11.6. The number of carbonyl (C=O) groups is 2. The average molecular weight is 257 g/mol. The highest BCUT2D eigenvalue weighted by Crippen LogP contribution is 2.18. The molecule has 2 atom stereocenters. The summed E-state index contributed by atoms with van der Waals surface area (Å²) >= 11 is 0. The molecule has 104 valence electrons. The van der Waals surface area contributed by atoms with Crippen molar-refractivity contribution >= 4 is 11.9 Å². The van der Waals surface area contributed by atoms with Crippen LogP contribution < -0.4 is 10.6 Å². The summed E-state index contributed by atoms with van der Waals surface area (Å²) in [7, 11) is 0. The Labute approximate surface area is 108 Å². The second kappa shape index (κ2) is 6.70. The Morgan fingerprint density at radius 1 is 1.39 bits per heavy atom. The Morgan fingerprint density at radius 3 is 2.56 bits per heavy atom. The quantitative estimate of drug-likeness (QED) is 0.658. The molecule has 0 saturated carbocycles. The number of imide groups is 1. The molecule has 0 spiro atoms. The molecule has 18 heavy (non-hydrogen) atoms.